The number of ether oxygens (including phenoxy) is 2. The highest BCUT2D eigenvalue weighted by atomic mass is 16.6. The molecule has 1 aromatic carbocycles. The second kappa shape index (κ2) is 7.99. The Hall–Kier alpha value is -2.56. The fourth-order valence-electron chi connectivity index (χ4n) is 2.97. The predicted molar refractivity (Wildman–Crippen MR) is 107 cm³/mol. The number of methoxy groups -OCH3 is 1. The Morgan fingerprint density at radius 2 is 1.81 bits per heavy atom. The van der Waals surface area contributed by atoms with Crippen LogP contribution in [0.4, 0.5) is 0 Å². The summed E-state index contributed by atoms with van der Waals surface area (Å²) in [5.74, 6) is 0.387. The van der Waals surface area contributed by atoms with Gasteiger partial charge in [0.05, 0.1) is 13.3 Å². The molecular weight excluding hydrogens is 342 g/mol. The van der Waals surface area contributed by atoms with Crippen LogP contribution in [0, 0.1) is 6.92 Å². The number of aryl methyl sites for hydroxylation is 1. The number of esters is 1. The number of benzene rings is 1. The molecule has 0 unspecified atom stereocenters. The molecule has 0 bridgehead atoms. The molecule has 0 aliphatic heterocycles. The van der Waals surface area contributed by atoms with Gasteiger partial charge in [0, 0.05) is 11.6 Å². The largest absolute Gasteiger partial charge is 0.495 e. The Morgan fingerprint density at radius 3 is 2.37 bits per heavy atom. The molecule has 0 aliphatic rings. The van der Waals surface area contributed by atoms with Crippen LogP contribution in [0.2, 0.25) is 0 Å². The summed E-state index contributed by atoms with van der Waals surface area (Å²) in [6.07, 6.45) is 1.58. The number of hydrogen-bond acceptors (Lipinski definition) is 4. The lowest BCUT2D eigenvalue weighted by molar-refractivity contribution is -0.155. The van der Waals surface area contributed by atoms with Crippen LogP contribution >= 0.6 is 0 Å². The summed E-state index contributed by atoms with van der Waals surface area (Å²) < 4.78 is 12.2. The van der Waals surface area contributed by atoms with Crippen LogP contribution in [0.25, 0.3) is 11.1 Å². The minimum absolute atomic E-state index is 0.155. The van der Waals surface area contributed by atoms with Gasteiger partial charge in [0.15, 0.2) is 0 Å². The van der Waals surface area contributed by atoms with E-state index >= 15 is 0 Å². The molecule has 1 heterocycles. The molecule has 2 rings (SSSR count). The van der Waals surface area contributed by atoms with Crippen LogP contribution in [0.15, 0.2) is 35.3 Å². The molecule has 0 radical (unpaired) electrons. The molecule has 5 heteroatoms. The first-order chi connectivity index (χ1) is 12.5. The summed E-state index contributed by atoms with van der Waals surface area (Å²) in [5, 5.41) is 0. The summed E-state index contributed by atoms with van der Waals surface area (Å²) in [5.41, 5.74) is 3.09. The second-order valence-corrected chi connectivity index (χ2v) is 8.05. The lowest BCUT2D eigenvalue weighted by Gasteiger charge is -2.20. The quantitative estimate of drug-likeness (QED) is 0.736. The summed E-state index contributed by atoms with van der Waals surface area (Å²) >= 11 is 0. The van der Waals surface area contributed by atoms with Crippen molar-refractivity contribution >= 4 is 5.97 Å². The van der Waals surface area contributed by atoms with E-state index in [4.69, 9.17) is 9.47 Å². The Morgan fingerprint density at radius 1 is 1.15 bits per heavy atom. The van der Waals surface area contributed by atoms with E-state index < -0.39 is 11.6 Å². The van der Waals surface area contributed by atoms with Crippen molar-refractivity contribution in [3.8, 4) is 16.9 Å². The van der Waals surface area contributed by atoms with Crippen molar-refractivity contribution in [1.29, 1.82) is 0 Å². The van der Waals surface area contributed by atoms with E-state index in [1.807, 2.05) is 6.92 Å². The molecule has 0 N–H and O–H groups in total. The first-order valence-electron chi connectivity index (χ1n) is 9.13. The number of carbonyl (C=O) groups is 1. The Bertz CT molecular complexity index is 888. The molecule has 0 saturated carbocycles. The normalized spacial score (nSPS) is 11.6. The third-order valence-corrected chi connectivity index (χ3v) is 4.15. The molecule has 0 aliphatic carbocycles. The third kappa shape index (κ3) is 5.22. The van der Waals surface area contributed by atoms with E-state index in [2.05, 4.69) is 32.0 Å². The van der Waals surface area contributed by atoms with Crippen molar-refractivity contribution < 1.29 is 14.3 Å². The first kappa shape index (κ1) is 20.7. The summed E-state index contributed by atoms with van der Waals surface area (Å²) in [6, 6.07) is 7.74. The second-order valence-electron chi connectivity index (χ2n) is 8.05. The van der Waals surface area contributed by atoms with Gasteiger partial charge in [-0.2, -0.15) is 0 Å². The average molecular weight is 371 g/mol. The van der Waals surface area contributed by atoms with Gasteiger partial charge in [-0.1, -0.05) is 37.6 Å². The minimum atomic E-state index is -0.599. The predicted octanol–water partition coefficient (Wildman–Crippen LogP) is 4.30. The standard InChI is InChI=1S/C22H29NO4/c1-14(2)16-9-8-15(3)10-17(16)18-11-20(24)23(12-19(18)26-7)13-21(25)27-22(4,5)6/h8-12,14H,13H2,1-7H3. The highest BCUT2D eigenvalue weighted by Crippen LogP contribution is 2.35. The van der Waals surface area contributed by atoms with Gasteiger partial charge >= 0.3 is 5.97 Å². The van der Waals surface area contributed by atoms with E-state index in [0.29, 0.717) is 11.7 Å². The minimum Gasteiger partial charge on any atom is -0.495 e. The van der Waals surface area contributed by atoms with E-state index in [1.54, 1.807) is 34.1 Å². The summed E-state index contributed by atoms with van der Waals surface area (Å²) in [4.78, 5) is 24.7. The number of aromatic nitrogens is 1. The van der Waals surface area contributed by atoms with E-state index in [9.17, 15) is 9.59 Å². The van der Waals surface area contributed by atoms with Gasteiger partial charge in [0.25, 0.3) is 5.56 Å². The zero-order chi connectivity index (χ0) is 20.4. The van der Waals surface area contributed by atoms with Gasteiger partial charge in [-0.15, -0.1) is 0 Å². The fraction of sp³-hybridized carbons (Fsp3) is 0.455. The van der Waals surface area contributed by atoms with Crippen LogP contribution in [0.1, 0.15) is 51.7 Å². The van der Waals surface area contributed by atoms with E-state index in [1.165, 1.54) is 10.6 Å². The number of nitrogens with zero attached hydrogens (tertiary/aromatic N) is 1. The molecule has 0 fully saturated rings. The zero-order valence-electron chi connectivity index (χ0n) is 17.3. The smallest absolute Gasteiger partial charge is 0.326 e. The molecule has 27 heavy (non-hydrogen) atoms. The van der Waals surface area contributed by atoms with Gasteiger partial charge < -0.3 is 14.0 Å². The Balaban J connectivity index is 2.50. The van der Waals surface area contributed by atoms with Gasteiger partial charge in [0.1, 0.15) is 17.9 Å². The SMILES string of the molecule is COc1cn(CC(=O)OC(C)(C)C)c(=O)cc1-c1cc(C)ccc1C(C)C. The highest BCUT2D eigenvalue weighted by Gasteiger charge is 2.19. The topological polar surface area (TPSA) is 57.5 Å². The van der Waals surface area contributed by atoms with Crippen molar-refractivity contribution in [2.45, 2.75) is 59.6 Å². The molecule has 2 aromatic rings. The first-order valence-corrected chi connectivity index (χ1v) is 9.13. The summed E-state index contributed by atoms with van der Waals surface area (Å²) in [7, 11) is 1.56. The zero-order valence-corrected chi connectivity index (χ0v) is 17.3. The van der Waals surface area contributed by atoms with Gasteiger partial charge in [0.2, 0.25) is 0 Å². The van der Waals surface area contributed by atoms with E-state index in [0.717, 1.165) is 22.3 Å². The monoisotopic (exact) mass is 371 g/mol. The molecule has 0 spiro atoms. The third-order valence-electron chi connectivity index (χ3n) is 4.15. The highest BCUT2D eigenvalue weighted by molar-refractivity contribution is 5.74. The number of rotatable bonds is 5. The maximum absolute atomic E-state index is 12.6. The maximum atomic E-state index is 12.6. The summed E-state index contributed by atoms with van der Waals surface area (Å²) in [6.45, 7) is 11.5. The molecular formula is C22H29NO4. The van der Waals surface area contributed by atoms with Crippen molar-refractivity contribution in [2.24, 2.45) is 0 Å². The molecule has 146 valence electrons. The van der Waals surface area contributed by atoms with Crippen molar-refractivity contribution in [1.82, 2.24) is 4.57 Å². The molecule has 0 amide bonds. The van der Waals surface area contributed by atoms with Gasteiger partial charge in [-0.25, -0.2) is 0 Å². The van der Waals surface area contributed by atoms with Crippen molar-refractivity contribution in [3.05, 3.63) is 51.9 Å². The molecule has 5 nitrogen and oxygen atoms in total. The Labute approximate surface area is 160 Å². The lowest BCUT2D eigenvalue weighted by atomic mass is 9.91. The molecule has 0 saturated heterocycles. The van der Waals surface area contributed by atoms with Crippen LogP contribution in [-0.2, 0) is 16.1 Å². The molecule has 1 aromatic heterocycles. The number of carbonyl (C=O) groups excluding carboxylic acids is 1. The van der Waals surface area contributed by atoms with Crippen molar-refractivity contribution in [3.63, 3.8) is 0 Å². The van der Waals surface area contributed by atoms with Crippen LogP contribution < -0.4 is 10.3 Å². The fourth-order valence-corrected chi connectivity index (χ4v) is 2.97. The van der Waals surface area contributed by atoms with Crippen LogP contribution in [0.3, 0.4) is 0 Å². The average Bonchev–Trinajstić information content (AvgIpc) is 2.54. The van der Waals surface area contributed by atoms with Crippen LogP contribution in [0.5, 0.6) is 5.75 Å². The maximum Gasteiger partial charge on any atom is 0.326 e. The Kier molecular flexibility index (Phi) is 6.14. The van der Waals surface area contributed by atoms with Crippen molar-refractivity contribution in [2.75, 3.05) is 7.11 Å². The molecule has 0 atom stereocenters. The lowest BCUT2D eigenvalue weighted by Crippen LogP contribution is -2.30. The van der Waals surface area contributed by atoms with Crippen LogP contribution in [-0.4, -0.2) is 23.2 Å². The number of pyridine rings is 1. The van der Waals surface area contributed by atoms with E-state index in [-0.39, 0.29) is 12.1 Å². The van der Waals surface area contributed by atoms with Gasteiger partial charge in [-0.05, 0) is 44.7 Å². The number of hydrogen-bond donors (Lipinski definition) is 0. The van der Waals surface area contributed by atoms with Gasteiger partial charge in [-0.3, -0.25) is 9.59 Å².